The van der Waals surface area contributed by atoms with Crippen LogP contribution in [-0.2, 0) is 10.3 Å². The molecule has 2 aromatic carbocycles. The number of hydrogen-bond donors (Lipinski definition) is 1. The third kappa shape index (κ3) is 4.12. The molecular weight excluding hydrogens is 388 g/mol. The minimum atomic E-state index is -1.08. The number of carboxylic acid groups (broad SMARTS) is 1. The standard InChI is InChI=1S/C22H28N2O4S/c1-4-9-22(20(25)26,24-12-10-21(2,11-13-24)29-23-27)18-7-5-17-15-19(28-3)8-6-16(17)14-18/h5-8,14-15H,4,9-13H2,1-3H3,(H,25,26)/t22-/m0/s1. The molecule has 0 bridgehead atoms. The van der Waals surface area contributed by atoms with Crippen molar-refractivity contribution in [1.29, 1.82) is 0 Å². The molecule has 1 N–H and O–H groups in total. The zero-order valence-corrected chi connectivity index (χ0v) is 18.0. The van der Waals surface area contributed by atoms with Gasteiger partial charge in [-0.3, -0.25) is 4.90 Å². The third-order valence-electron chi connectivity index (χ3n) is 6.11. The fourth-order valence-corrected chi connectivity index (χ4v) is 4.91. The van der Waals surface area contributed by atoms with Crippen LogP contribution in [0.2, 0.25) is 0 Å². The van der Waals surface area contributed by atoms with Crippen LogP contribution < -0.4 is 4.74 Å². The fourth-order valence-electron chi connectivity index (χ4n) is 4.36. The summed E-state index contributed by atoms with van der Waals surface area (Å²) in [4.78, 5) is 25.5. The van der Waals surface area contributed by atoms with Gasteiger partial charge in [-0.2, -0.15) is 0 Å². The smallest absolute Gasteiger partial charge is 0.328 e. The van der Waals surface area contributed by atoms with E-state index in [2.05, 4.69) is 9.48 Å². The quantitative estimate of drug-likeness (QED) is 0.471. The number of likely N-dealkylation sites (tertiary alicyclic amines) is 1. The zero-order chi connectivity index (χ0) is 21.1. The van der Waals surface area contributed by atoms with Crippen molar-refractivity contribution in [3.05, 3.63) is 46.9 Å². The Hall–Kier alpha value is -2.12. The van der Waals surface area contributed by atoms with Crippen molar-refractivity contribution < 1.29 is 14.6 Å². The highest BCUT2D eigenvalue weighted by Crippen LogP contribution is 2.43. The SMILES string of the molecule is CCC[C@@](C(=O)O)(c1ccc2cc(OC)ccc2c1)N1CCC(C)(SN=O)CC1. The summed E-state index contributed by atoms with van der Waals surface area (Å²) in [5, 5.41) is 12.4. The summed E-state index contributed by atoms with van der Waals surface area (Å²) in [5.41, 5.74) is -0.280. The number of carboxylic acids is 1. The number of nitrogens with zero attached hydrogens (tertiary/aromatic N) is 2. The highest BCUT2D eigenvalue weighted by molar-refractivity contribution is 7.99. The van der Waals surface area contributed by atoms with Crippen LogP contribution in [0.1, 0.15) is 45.1 Å². The molecule has 2 aromatic rings. The zero-order valence-electron chi connectivity index (χ0n) is 17.2. The van der Waals surface area contributed by atoms with Crippen molar-refractivity contribution in [2.24, 2.45) is 4.58 Å². The number of ether oxygens (including phenoxy) is 1. The number of piperidine rings is 1. The molecule has 29 heavy (non-hydrogen) atoms. The minimum Gasteiger partial charge on any atom is -0.497 e. The van der Waals surface area contributed by atoms with Crippen LogP contribution >= 0.6 is 11.9 Å². The molecule has 3 rings (SSSR count). The molecule has 0 unspecified atom stereocenters. The van der Waals surface area contributed by atoms with Gasteiger partial charge in [0.2, 0.25) is 0 Å². The largest absolute Gasteiger partial charge is 0.497 e. The Balaban J connectivity index is 2.02. The first kappa shape index (κ1) is 21.6. The van der Waals surface area contributed by atoms with Crippen LogP contribution in [0.3, 0.4) is 0 Å². The van der Waals surface area contributed by atoms with Gasteiger partial charge >= 0.3 is 5.97 Å². The lowest BCUT2D eigenvalue weighted by atomic mass is 9.80. The molecule has 0 spiro atoms. The van der Waals surface area contributed by atoms with Crippen LogP contribution in [-0.4, -0.2) is 40.9 Å². The van der Waals surface area contributed by atoms with Gasteiger partial charge in [-0.05, 0) is 60.7 Å². The predicted molar refractivity (Wildman–Crippen MR) is 117 cm³/mol. The Morgan fingerprint density at radius 2 is 1.90 bits per heavy atom. The van der Waals surface area contributed by atoms with Gasteiger partial charge in [0.15, 0.2) is 0 Å². The number of hydrogen-bond acceptors (Lipinski definition) is 6. The van der Waals surface area contributed by atoms with Crippen LogP contribution in [0.15, 0.2) is 41.0 Å². The minimum absolute atomic E-state index is 0.228. The van der Waals surface area contributed by atoms with Gasteiger partial charge in [-0.25, -0.2) is 4.79 Å². The normalized spacial score (nSPS) is 18.9. The molecule has 0 aliphatic carbocycles. The maximum atomic E-state index is 12.7. The molecule has 1 heterocycles. The fraction of sp³-hybridized carbons (Fsp3) is 0.500. The molecule has 0 aromatic heterocycles. The van der Waals surface area contributed by atoms with Gasteiger partial charge in [0, 0.05) is 34.4 Å². The van der Waals surface area contributed by atoms with E-state index in [0.29, 0.717) is 19.5 Å². The van der Waals surface area contributed by atoms with Gasteiger partial charge < -0.3 is 9.84 Å². The van der Waals surface area contributed by atoms with Crippen molar-refractivity contribution in [2.75, 3.05) is 20.2 Å². The summed E-state index contributed by atoms with van der Waals surface area (Å²) >= 11 is 1.07. The van der Waals surface area contributed by atoms with E-state index in [4.69, 9.17) is 4.74 Å². The summed E-state index contributed by atoms with van der Waals surface area (Å²) in [6.45, 7) is 5.28. The predicted octanol–water partition coefficient (Wildman–Crippen LogP) is 5.20. The summed E-state index contributed by atoms with van der Waals surface area (Å²) < 4.78 is 8.09. The maximum Gasteiger partial charge on any atom is 0.328 e. The molecule has 156 valence electrons. The van der Waals surface area contributed by atoms with E-state index in [0.717, 1.165) is 53.3 Å². The molecular formula is C22H28N2O4S. The lowest BCUT2D eigenvalue weighted by molar-refractivity contribution is -0.154. The first-order valence-electron chi connectivity index (χ1n) is 9.96. The highest BCUT2D eigenvalue weighted by atomic mass is 32.2. The highest BCUT2D eigenvalue weighted by Gasteiger charge is 2.48. The average molecular weight is 417 g/mol. The second-order valence-corrected chi connectivity index (χ2v) is 9.26. The molecule has 0 amide bonds. The van der Waals surface area contributed by atoms with Crippen LogP contribution in [0.5, 0.6) is 5.75 Å². The Kier molecular flexibility index (Phi) is 6.49. The topological polar surface area (TPSA) is 79.2 Å². The van der Waals surface area contributed by atoms with Crippen molar-refractivity contribution in [2.45, 2.75) is 49.8 Å². The molecule has 1 aliphatic heterocycles. The van der Waals surface area contributed by atoms with E-state index in [9.17, 15) is 14.8 Å². The lowest BCUT2D eigenvalue weighted by Gasteiger charge is -2.46. The van der Waals surface area contributed by atoms with E-state index in [1.54, 1.807) is 7.11 Å². The average Bonchev–Trinajstić information content (AvgIpc) is 2.72. The number of nitroso groups, excluding NO2 is 1. The summed E-state index contributed by atoms with van der Waals surface area (Å²) in [6.07, 6.45) is 2.74. The van der Waals surface area contributed by atoms with Gasteiger partial charge in [-0.1, -0.05) is 31.5 Å². The Morgan fingerprint density at radius 1 is 1.24 bits per heavy atom. The number of rotatable bonds is 8. The molecule has 1 aliphatic rings. The molecule has 6 nitrogen and oxygen atoms in total. The molecule has 7 heteroatoms. The van der Waals surface area contributed by atoms with Crippen molar-refractivity contribution in [3.8, 4) is 5.75 Å². The van der Waals surface area contributed by atoms with Gasteiger partial charge in [-0.15, -0.1) is 4.91 Å². The van der Waals surface area contributed by atoms with E-state index in [1.165, 1.54) is 0 Å². The van der Waals surface area contributed by atoms with E-state index in [1.807, 2.05) is 50.2 Å². The van der Waals surface area contributed by atoms with Crippen LogP contribution in [0.25, 0.3) is 10.8 Å². The Morgan fingerprint density at radius 3 is 2.48 bits per heavy atom. The van der Waals surface area contributed by atoms with E-state index in [-0.39, 0.29) is 4.75 Å². The van der Waals surface area contributed by atoms with Gasteiger partial charge in [0.1, 0.15) is 11.3 Å². The summed E-state index contributed by atoms with van der Waals surface area (Å²) in [6, 6.07) is 11.7. The Bertz CT molecular complexity index is 896. The summed E-state index contributed by atoms with van der Waals surface area (Å²) in [7, 11) is 1.63. The van der Waals surface area contributed by atoms with Crippen LogP contribution in [0, 0.1) is 4.91 Å². The molecule has 0 saturated carbocycles. The van der Waals surface area contributed by atoms with E-state index >= 15 is 0 Å². The molecule has 0 radical (unpaired) electrons. The summed E-state index contributed by atoms with van der Waals surface area (Å²) in [5.74, 6) is -0.0445. The molecule has 1 saturated heterocycles. The maximum absolute atomic E-state index is 12.7. The number of carbonyl (C=O) groups is 1. The first-order valence-corrected chi connectivity index (χ1v) is 10.7. The second kappa shape index (κ2) is 8.71. The van der Waals surface area contributed by atoms with Crippen molar-refractivity contribution in [1.82, 2.24) is 4.90 Å². The molecule has 1 atom stereocenters. The first-order chi connectivity index (χ1) is 13.9. The Labute approximate surface area is 175 Å². The second-order valence-electron chi connectivity index (χ2n) is 7.95. The van der Waals surface area contributed by atoms with Gasteiger partial charge in [0.05, 0.1) is 7.11 Å². The van der Waals surface area contributed by atoms with Crippen LogP contribution in [0.4, 0.5) is 0 Å². The van der Waals surface area contributed by atoms with E-state index < -0.39 is 11.5 Å². The number of fused-ring (bicyclic) bond motifs is 1. The number of aliphatic carboxylic acids is 1. The monoisotopic (exact) mass is 416 g/mol. The molecule has 1 fully saturated rings. The van der Waals surface area contributed by atoms with Crippen molar-refractivity contribution >= 4 is 28.7 Å². The lowest BCUT2D eigenvalue weighted by Crippen LogP contribution is -2.56. The number of methoxy groups -OCH3 is 1. The van der Waals surface area contributed by atoms with Crippen molar-refractivity contribution in [3.63, 3.8) is 0 Å². The number of benzene rings is 2. The van der Waals surface area contributed by atoms with Gasteiger partial charge in [0.25, 0.3) is 0 Å². The third-order valence-corrected chi connectivity index (χ3v) is 7.03.